The van der Waals surface area contributed by atoms with Gasteiger partial charge in [-0.1, -0.05) is 48.5 Å². The van der Waals surface area contributed by atoms with E-state index in [1.807, 2.05) is 0 Å². The van der Waals surface area contributed by atoms with Crippen LogP contribution in [-0.4, -0.2) is 71.8 Å². The fraction of sp³-hybridized carbons (Fsp3) is 0. The van der Waals surface area contributed by atoms with Gasteiger partial charge in [-0.05, 0) is 119 Å². The van der Waals surface area contributed by atoms with E-state index in [1.165, 1.54) is 97.1 Å². The van der Waals surface area contributed by atoms with E-state index in [4.69, 9.17) is 9.97 Å². The minimum atomic E-state index is -4.55. The van der Waals surface area contributed by atoms with Crippen molar-refractivity contribution in [1.82, 2.24) is 19.9 Å². The smallest absolute Gasteiger partial charge is 1.00 e. The first-order valence-electron chi connectivity index (χ1n) is 18.7. The van der Waals surface area contributed by atoms with Crippen LogP contribution in [0.5, 0.6) is 0 Å². The fourth-order valence-corrected chi connectivity index (χ4v) is 9.51. The maximum Gasteiger partial charge on any atom is 3.00 e. The van der Waals surface area contributed by atoms with Crippen molar-refractivity contribution in [1.29, 1.82) is 0 Å². The molecule has 1 radical (unpaired) electrons. The molecule has 0 saturated carbocycles. The summed E-state index contributed by atoms with van der Waals surface area (Å²) in [6.07, 6.45) is 6.92. The second-order valence-electron chi connectivity index (χ2n) is 14.5. The van der Waals surface area contributed by atoms with Crippen molar-refractivity contribution in [3.63, 3.8) is 0 Å². The molecule has 335 valence electrons. The van der Waals surface area contributed by atoms with Gasteiger partial charge in [0.05, 0.1) is 42.4 Å². The van der Waals surface area contributed by atoms with E-state index in [1.54, 1.807) is 48.6 Å². The molecule has 16 nitrogen and oxygen atoms in total. The summed E-state index contributed by atoms with van der Waals surface area (Å²) in [5, 5.41) is 0. The molecule has 66 heavy (non-hydrogen) atoms. The van der Waals surface area contributed by atoms with Crippen molar-refractivity contribution < 1.29 is 81.4 Å². The maximum absolute atomic E-state index is 12.0. The molecule has 0 fully saturated rings. The van der Waals surface area contributed by atoms with Crippen molar-refractivity contribution in [2.75, 3.05) is 0 Å². The van der Waals surface area contributed by atoms with Gasteiger partial charge in [-0.25, -0.2) is 9.97 Å². The molecule has 0 spiro atoms. The second-order valence-corrected chi connectivity index (χ2v) is 20.2. The summed E-state index contributed by atoms with van der Waals surface area (Å²) in [7, 11) is -18.2. The Labute approximate surface area is 393 Å². The van der Waals surface area contributed by atoms with E-state index in [0.717, 1.165) is 0 Å². The van der Waals surface area contributed by atoms with Gasteiger partial charge >= 0.3 is 17.1 Å². The minimum Gasteiger partial charge on any atom is -1.00 e. The number of nitrogens with one attached hydrogen (secondary N) is 2. The van der Waals surface area contributed by atoms with Crippen LogP contribution in [0.25, 0.3) is 90.9 Å². The van der Waals surface area contributed by atoms with Gasteiger partial charge < -0.3 is 22.4 Å². The Kier molecular flexibility index (Phi) is 12.8. The third kappa shape index (κ3) is 9.32. The molecule has 0 amide bonds. The number of fused-ring (bicyclic) bond motifs is 8. The van der Waals surface area contributed by atoms with Crippen LogP contribution in [0.3, 0.4) is 0 Å². The van der Waals surface area contributed by atoms with Crippen LogP contribution in [0.2, 0.25) is 0 Å². The van der Waals surface area contributed by atoms with E-state index >= 15 is 0 Å². The Bertz CT molecular complexity index is 3310. The largest absolute Gasteiger partial charge is 3.00 e. The van der Waals surface area contributed by atoms with Crippen molar-refractivity contribution >= 4 is 86.8 Å². The number of rotatable bonds is 8. The third-order valence-electron chi connectivity index (χ3n) is 10.5. The quantitative estimate of drug-likeness (QED) is 0.0832. The van der Waals surface area contributed by atoms with Gasteiger partial charge in [0.15, 0.2) is 0 Å². The number of aromatic nitrogens is 4. The first-order valence-corrected chi connectivity index (χ1v) is 24.5. The van der Waals surface area contributed by atoms with Gasteiger partial charge in [0, 0.05) is 44.3 Å². The number of hydrogen-bond acceptors (Lipinski definition) is 10. The molecule has 0 saturated heterocycles. The van der Waals surface area contributed by atoms with Crippen molar-refractivity contribution in [3.05, 3.63) is 144 Å². The first kappa shape index (κ1) is 47.9. The van der Waals surface area contributed by atoms with Crippen molar-refractivity contribution in [2.24, 2.45) is 0 Å². The monoisotopic (exact) mass is 1020 g/mol. The molecule has 0 atom stereocenters. The summed E-state index contributed by atoms with van der Waals surface area (Å²) in [5.41, 5.74) is 7.41. The number of H-pyrrole nitrogens is 2. The molecule has 2 aliphatic rings. The molecule has 3 aromatic heterocycles. The van der Waals surface area contributed by atoms with Gasteiger partial charge in [0.25, 0.3) is 40.5 Å². The molecule has 8 bridgehead atoms. The van der Waals surface area contributed by atoms with Gasteiger partial charge in [0.1, 0.15) is 0 Å². The topological polar surface area (TPSA) is 275 Å². The third-order valence-corrected chi connectivity index (χ3v) is 14.0. The predicted molar refractivity (Wildman–Crippen MR) is 240 cm³/mol. The standard InChI is InChI=1S/C44H30N4O12S4.ClH.Fe/c49-61(50,51)29-9-1-25(2-10-29)41-33-17-19-35(45-33)42(26-3-11-30(12-4-26)62(52,53)54)37-21-23-39(47-37)44(28-7-15-32(16-8-28)64(58,59)60)40-24-22-38(48-40)43(36-20-18-34(41)46-36)27-5-13-31(14-6-27)63(55,56)57;;/h1-24,45,48H,(H,49,50,51)(H,52,53,54)(H,55,56,57)(H,58,59,60);1H;/q;;+3/p-1. The molecule has 0 unspecified atom stereocenters. The fourth-order valence-electron chi connectivity index (χ4n) is 7.59. The van der Waals surface area contributed by atoms with E-state index in [9.17, 15) is 51.9 Å². The Morgan fingerprint density at radius 1 is 0.318 bits per heavy atom. The van der Waals surface area contributed by atoms with E-state index in [-0.39, 0.29) is 49.1 Å². The molecule has 7 aromatic rings. The predicted octanol–water partition coefficient (Wildman–Crippen LogP) is 5.31. The molecule has 2 aliphatic heterocycles. The van der Waals surface area contributed by atoms with E-state index in [2.05, 4.69) is 9.97 Å². The zero-order valence-corrected chi connectivity index (χ0v) is 38.3. The van der Waals surface area contributed by atoms with Crippen LogP contribution < -0.4 is 12.4 Å². The normalized spacial score (nSPS) is 12.7. The summed E-state index contributed by atoms with van der Waals surface area (Å²) in [6.45, 7) is 0. The summed E-state index contributed by atoms with van der Waals surface area (Å²) < 4.78 is 135. The minimum absolute atomic E-state index is 0. The van der Waals surface area contributed by atoms with Gasteiger partial charge in [-0.15, -0.1) is 0 Å². The van der Waals surface area contributed by atoms with Crippen LogP contribution in [0.4, 0.5) is 0 Å². The summed E-state index contributed by atoms with van der Waals surface area (Å²) >= 11 is 0. The first-order chi connectivity index (χ1) is 30.2. The van der Waals surface area contributed by atoms with E-state index < -0.39 is 40.5 Å². The van der Waals surface area contributed by atoms with Crippen LogP contribution in [0, 0.1) is 0 Å². The number of nitrogens with zero attached hydrogens (tertiary/aromatic N) is 2. The average Bonchev–Trinajstić information content (AvgIpc) is 4.08. The molecule has 22 heteroatoms. The summed E-state index contributed by atoms with van der Waals surface area (Å²) in [5.74, 6) is 0. The number of aromatic amines is 2. The van der Waals surface area contributed by atoms with Crippen LogP contribution in [-0.2, 0) is 57.5 Å². The Hall–Kier alpha value is -6.07. The van der Waals surface area contributed by atoms with Gasteiger partial charge in [-0.3, -0.25) is 18.2 Å². The van der Waals surface area contributed by atoms with Gasteiger partial charge in [-0.2, -0.15) is 33.7 Å². The van der Waals surface area contributed by atoms with Crippen LogP contribution in [0.1, 0.15) is 22.8 Å². The van der Waals surface area contributed by atoms with E-state index in [0.29, 0.717) is 89.4 Å². The summed E-state index contributed by atoms with van der Waals surface area (Å²) in [6, 6.07) is 29.0. The molecular weight excluding hydrogens is 996 g/mol. The molecule has 0 aliphatic carbocycles. The van der Waals surface area contributed by atoms with Crippen LogP contribution >= 0.6 is 0 Å². The second kappa shape index (κ2) is 17.6. The zero-order valence-electron chi connectivity index (χ0n) is 33.2. The SMILES string of the molecule is O=S(=O)(O)c1ccc(-c2c3nc(c(-c4ccc(S(=O)(=O)O)cc4)c4ccc([nH]4)c(-c4ccc(S(=O)(=O)O)cc4)c4nc(c(-c5ccc(S(=O)(=O)O)cc5)c5ccc2[nH]5)C=C4)C=C3)cc1.[Cl-].[Fe+3]. The van der Waals surface area contributed by atoms with Crippen LogP contribution in [0.15, 0.2) is 141 Å². The molecule has 9 rings (SSSR count). The molecular formula is C44H30ClFeN4O12S4+2. The number of benzene rings is 4. The Morgan fingerprint density at radius 3 is 0.667 bits per heavy atom. The molecule has 4 aromatic carbocycles. The van der Waals surface area contributed by atoms with Crippen molar-refractivity contribution in [3.8, 4) is 44.5 Å². The Balaban J connectivity index is 0.00000324. The molecule has 5 heterocycles. The van der Waals surface area contributed by atoms with Crippen molar-refractivity contribution in [2.45, 2.75) is 19.6 Å². The number of hydrogen-bond donors (Lipinski definition) is 6. The zero-order chi connectivity index (χ0) is 45.3. The average molecular weight is 1030 g/mol. The molecule has 6 N–H and O–H groups in total. The van der Waals surface area contributed by atoms with Gasteiger partial charge in [0.2, 0.25) is 0 Å². The Morgan fingerprint density at radius 2 is 0.500 bits per heavy atom. The summed E-state index contributed by atoms with van der Waals surface area (Å²) in [4.78, 5) is 15.6. The maximum atomic E-state index is 12.0. The number of halogens is 1.